The molecule has 4 rings (SSSR count). The van der Waals surface area contributed by atoms with Crippen molar-refractivity contribution in [2.24, 2.45) is 5.92 Å². The molecular weight excluding hydrogens is 585 g/mol. The summed E-state index contributed by atoms with van der Waals surface area (Å²) in [7, 11) is -3.59. The van der Waals surface area contributed by atoms with Gasteiger partial charge >= 0.3 is 24.8 Å². The Morgan fingerprint density at radius 2 is 1.61 bits per heavy atom. The van der Waals surface area contributed by atoms with E-state index in [1.807, 2.05) is 55.6 Å². The van der Waals surface area contributed by atoms with E-state index in [2.05, 4.69) is 5.32 Å². The summed E-state index contributed by atoms with van der Waals surface area (Å²) in [6.45, 7) is 1.97. The molecule has 0 saturated heterocycles. The zero-order valence-corrected chi connectivity index (χ0v) is 26.8. The number of hydrogen-bond acceptors (Lipinski definition) is 5. The fourth-order valence-electron chi connectivity index (χ4n) is 6.07. The molecule has 9 heteroatoms. The van der Waals surface area contributed by atoms with Crippen molar-refractivity contribution in [2.45, 2.75) is 80.9 Å². The summed E-state index contributed by atoms with van der Waals surface area (Å²) in [6.07, 6.45) is 10.0. The van der Waals surface area contributed by atoms with Crippen LogP contribution in [-0.2, 0) is 21.1 Å². The second-order valence-corrected chi connectivity index (χ2v) is 14.8. The Hall–Kier alpha value is -2.50. The fourth-order valence-corrected chi connectivity index (χ4v) is 8.32. The summed E-state index contributed by atoms with van der Waals surface area (Å²) in [4.78, 5) is 25.7. The number of aryl methyl sites for hydroxylation is 1. The van der Waals surface area contributed by atoms with E-state index >= 15 is 0 Å². The van der Waals surface area contributed by atoms with Gasteiger partial charge in [0.05, 0.1) is 10.1 Å². The molecule has 3 aromatic rings. The molecule has 232 valence electrons. The number of sulfone groups is 1. The van der Waals surface area contributed by atoms with Crippen LogP contribution in [0.15, 0.2) is 77.7 Å². The molecule has 0 aromatic heterocycles. The predicted octanol–water partition coefficient (Wildman–Crippen LogP) is 6.70. The Balaban J connectivity index is 0.00000529. The van der Waals surface area contributed by atoms with Gasteiger partial charge in [-0.25, -0.2) is 13.2 Å². The number of carboxylic acid groups (broad SMARTS) is 1. The molecule has 1 aliphatic carbocycles. The van der Waals surface area contributed by atoms with Crippen molar-refractivity contribution in [3.63, 3.8) is 0 Å². The van der Waals surface area contributed by atoms with E-state index in [1.165, 1.54) is 31.0 Å². The predicted molar refractivity (Wildman–Crippen MR) is 183 cm³/mol. The number of amides is 1. The summed E-state index contributed by atoms with van der Waals surface area (Å²) in [5, 5.41) is 11.8. The first-order valence-electron chi connectivity index (χ1n) is 15.2. The SMILES string of the molecule is CSCC[C@H](NC(=O)c1ccc(CC(CCC2CCCCC2)S(=O)(=O)c2ccccc2)cc1-c1ccccc1C)C(=O)O.[LiH]. The molecule has 1 unspecified atom stereocenters. The molecule has 44 heavy (non-hydrogen) atoms. The van der Waals surface area contributed by atoms with E-state index in [4.69, 9.17) is 0 Å². The number of carbonyl (C=O) groups excluding carboxylic acids is 1. The zero-order chi connectivity index (χ0) is 30.8. The van der Waals surface area contributed by atoms with Gasteiger partial charge in [0.15, 0.2) is 9.84 Å². The number of hydrogen-bond donors (Lipinski definition) is 2. The Bertz CT molecular complexity index is 1490. The second kappa shape index (κ2) is 17.3. The molecule has 1 amide bonds. The standard InChI is InChI=1S/C35H43NO5S2.Li.H/c1-25-11-9-10-16-30(25)32-24-27(18-20-31(32)34(37)36-33(35(38)39)21-22-42-2)23-29(19-17-26-12-5-3-6-13-26)43(40,41)28-14-7-4-8-15-28;;/h4,7-11,14-16,18,20,24,26,29,33H,3,5-6,12-13,17,19,21-23H2,1-2H3,(H,36,37)(H,38,39);;/t29?,33-;;/m0../s1. The van der Waals surface area contributed by atoms with Crippen LogP contribution in [0.5, 0.6) is 0 Å². The fraction of sp³-hybridized carbons (Fsp3) is 0.429. The number of carbonyl (C=O) groups is 2. The van der Waals surface area contributed by atoms with Crippen molar-refractivity contribution in [3.05, 3.63) is 89.5 Å². The molecule has 0 radical (unpaired) electrons. The first-order chi connectivity index (χ1) is 20.7. The molecule has 2 atom stereocenters. The first kappa shape index (κ1) is 36.0. The van der Waals surface area contributed by atoms with E-state index in [1.54, 1.807) is 30.3 Å². The normalized spacial score (nSPS) is 15.1. The molecule has 0 aliphatic heterocycles. The van der Waals surface area contributed by atoms with Crippen molar-refractivity contribution in [3.8, 4) is 11.1 Å². The quantitative estimate of drug-likeness (QED) is 0.193. The molecule has 0 bridgehead atoms. The molecule has 0 heterocycles. The van der Waals surface area contributed by atoms with Crippen molar-refractivity contribution >= 4 is 52.3 Å². The third kappa shape index (κ3) is 9.50. The molecular formula is C35H44LiNO5S2. The summed E-state index contributed by atoms with van der Waals surface area (Å²) in [5.41, 5.74) is 3.70. The maximum atomic E-state index is 13.9. The van der Waals surface area contributed by atoms with Crippen LogP contribution in [0.2, 0.25) is 0 Å². The second-order valence-electron chi connectivity index (χ2n) is 11.6. The van der Waals surface area contributed by atoms with Crippen LogP contribution >= 0.6 is 11.8 Å². The van der Waals surface area contributed by atoms with Gasteiger partial charge in [-0.3, -0.25) is 4.79 Å². The van der Waals surface area contributed by atoms with Crippen LogP contribution in [-0.4, -0.2) is 67.6 Å². The Kier molecular flexibility index (Phi) is 14.1. The molecule has 3 aromatic carbocycles. The van der Waals surface area contributed by atoms with Crippen LogP contribution in [0.25, 0.3) is 11.1 Å². The van der Waals surface area contributed by atoms with Crippen LogP contribution in [0, 0.1) is 12.8 Å². The summed E-state index contributed by atoms with van der Waals surface area (Å²) in [6, 6.07) is 20.9. The van der Waals surface area contributed by atoms with Gasteiger partial charge in [0.25, 0.3) is 5.91 Å². The Morgan fingerprint density at radius 1 is 0.932 bits per heavy atom. The van der Waals surface area contributed by atoms with Gasteiger partial charge in [0, 0.05) is 5.56 Å². The molecule has 6 nitrogen and oxygen atoms in total. The van der Waals surface area contributed by atoms with Crippen LogP contribution in [0.4, 0.5) is 0 Å². The van der Waals surface area contributed by atoms with Crippen molar-refractivity contribution < 1.29 is 23.1 Å². The summed E-state index contributed by atoms with van der Waals surface area (Å²) >= 11 is 1.53. The zero-order valence-electron chi connectivity index (χ0n) is 25.1. The van der Waals surface area contributed by atoms with Gasteiger partial charge in [-0.1, -0.05) is 86.7 Å². The summed E-state index contributed by atoms with van der Waals surface area (Å²) < 4.78 is 27.9. The summed E-state index contributed by atoms with van der Waals surface area (Å²) in [5.74, 6) is -0.351. The first-order valence-corrected chi connectivity index (χ1v) is 18.1. The van der Waals surface area contributed by atoms with E-state index in [-0.39, 0.29) is 18.9 Å². The third-order valence-electron chi connectivity index (χ3n) is 8.57. The van der Waals surface area contributed by atoms with E-state index in [0.29, 0.717) is 47.0 Å². The Labute approximate surface area is 278 Å². The van der Waals surface area contributed by atoms with Crippen LogP contribution in [0.3, 0.4) is 0 Å². The molecule has 1 aliphatic rings. The number of thioether (sulfide) groups is 1. The number of carboxylic acids is 1. The monoisotopic (exact) mass is 629 g/mol. The van der Waals surface area contributed by atoms with E-state index in [0.717, 1.165) is 36.0 Å². The van der Waals surface area contributed by atoms with Gasteiger partial charge in [0.2, 0.25) is 0 Å². The van der Waals surface area contributed by atoms with Crippen molar-refractivity contribution in [2.75, 3.05) is 12.0 Å². The average molecular weight is 630 g/mol. The van der Waals surface area contributed by atoms with Crippen molar-refractivity contribution in [1.82, 2.24) is 5.32 Å². The van der Waals surface area contributed by atoms with Crippen LogP contribution < -0.4 is 5.32 Å². The van der Waals surface area contributed by atoms with Gasteiger partial charge in [-0.2, -0.15) is 11.8 Å². The third-order valence-corrected chi connectivity index (χ3v) is 11.4. The number of nitrogens with one attached hydrogen (secondary N) is 1. The van der Waals surface area contributed by atoms with Gasteiger partial charge in [-0.05, 0) is 91.0 Å². The Morgan fingerprint density at radius 3 is 2.27 bits per heavy atom. The molecule has 2 N–H and O–H groups in total. The minimum atomic E-state index is -3.59. The molecule has 1 saturated carbocycles. The van der Waals surface area contributed by atoms with E-state index in [9.17, 15) is 23.1 Å². The minimum absolute atomic E-state index is 0. The number of rotatable bonds is 14. The van der Waals surface area contributed by atoms with Gasteiger partial charge in [0.1, 0.15) is 6.04 Å². The number of benzene rings is 3. The molecule has 1 fully saturated rings. The topological polar surface area (TPSA) is 101 Å². The van der Waals surface area contributed by atoms with Gasteiger partial charge in [-0.15, -0.1) is 0 Å². The van der Waals surface area contributed by atoms with E-state index < -0.39 is 33.0 Å². The molecule has 0 spiro atoms. The van der Waals surface area contributed by atoms with Crippen molar-refractivity contribution in [1.29, 1.82) is 0 Å². The maximum absolute atomic E-state index is 13.9. The van der Waals surface area contributed by atoms with Gasteiger partial charge < -0.3 is 10.4 Å². The number of aliphatic carboxylic acids is 1. The van der Waals surface area contributed by atoms with Crippen LogP contribution in [0.1, 0.15) is 72.9 Å². The average Bonchev–Trinajstić information content (AvgIpc) is 3.02.